The van der Waals surface area contributed by atoms with Gasteiger partial charge in [0, 0.05) is 30.9 Å². The van der Waals surface area contributed by atoms with E-state index in [-0.39, 0.29) is 11.9 Å². The second kappa shape index (κ2) is 9.02. The molecule has 0 aliphatic heterocycles. The molecule has 0 N–H and O–H groups in total. The van der Waals surface area contributed by atoms with Gasteiger partial charge in [-0.3, -0.25) is 4.79 Å². The van der Waals surface area contributed by atoms with Gasteiger partial charge in [-0.15, -0.1) is 0 Å². The van der Waals surface area contributed by atoms with E-state index in [1.54, 1.807) is 18.6 Å². The number of carbonyl (C=O) groups excluding carboxylic acids is 1. The van der Waals surface area contributed by atoms with Crippen molar-refractivity contribution in [2.45, 2.75) is 44.8 Å². The topological polar surface area (TPSA) is 44.1 Å². The minimum atomic E-state index is 0.0852. The van der Waals surface area contributed by atoms with E-state index in [1.807, 2.05) is 41.1 Å². The fourth-order valence-electron chi connectivity index (χ4n) is 3.35. The van der Waals surface area contributed by atoms with Crippen LogP contribution in [0.5, 0.6) is 5.75 Å². The third kappa shape index (κ3) is 5.20. The number of carbonyl (C=O) groups is 1. The predicted molar refractivity (Wildman–Crippen MR) is 115 cm³/mol. The molecular formula is C23H22Cl2N2O2. The summed E-state index contributed by atoms with van der Waals surface area (Å²) in [5.74, 6) is 0.854. The van der Waals surface area contributed by atoms with E-state index >= 15 is 0 Å². The largest absolute Gasteiger partial charge is 0.490 e. The van der Waals surface area contributed by atoms with Gasteiger partial charge in [-0.25, -0.2) is 4.98 Å². The summed E-state index contributed by atoms with van der Waals surface area (Å²) in [7, 11) is 0. The van der Waals surface area contributed by atoms with Gasteiger partial charge in [0.2, 0.25) is 0 Å². The number of hydrogen-bond donors (Lipinski definition) is 0. The second-order valence-corrected chi connectivity index (χ2v) is 8.26. The Hall–Kier alpha value is -2.30. The molecule has 2 aromatic carbocycles. The first-order valence-electron chi connectivity index (χ1n) is 9.80. The Balaban J connectivity index is 1.50. The van der Waals surface area contributed by atoms with Gasteiger partial charge in [-0.1, -0.05) is 29.3 Å². The first kappa shape index (κ1) is 20.0. The van der Waals surface area contributed by atoms with Gasteiger partial charge in [0.15, 0.2) is 5.78 Å². The highest BCUT2D eigenvalue weighted by Gasteiger charge is 2.20. The van der Waals surface area contributed by atoms with Crippen molar-refractivity contribution < 1.29 is 9.53 Å². The summed E-state index contributed by atoms with van der Waals surface area (Å²) in [6.45, 7) is 0.648. The molecule has 150 valence electrons. The zero-order valence-corrected chi connectivity index (χ0v) is 17.5. The number of ether oxygens (including phenoxy) is 1. The maximum atomic E-state index is 12.9. The molecule has 4 nitrogen and oxygen atoms in total. The number of hydrogen-bond acceptors (Lipinski definition) is 3. The first-order valence-corrected chi connectivity index (χ1v) is 10.6. The first-order chi connectivity index (χ1) is 14.1. The fourth-order valence-corrected chi connectivity index (χ4v) is 3.67. The maximum Gasteiger partial charge on any atom is 0.163 e. The van der Waals surface area contributed by atoms with E-state index in [4.69, 9.17) is 27.9 Å². The molecule has 6 heteroatoms. The molecule has 0 unspecified atom stereocenters. The number of rotatable bonds is 8. The van der Waals surface area contributed by atoms with Gasteiger partial charge in [0.05, 0.1) is 22.5 Å². The van der Waals surface area contributed by atoms with Crippen LogP contribution in [0.3, 0.4) is 0 Å². The van der Waals surface area contributed by atoms with E-state index in [0.29, 0.717) is 35.0 Å². The Labute approximate surface area is 180 Å². The van der Waals surface area contributed by atoms with Gasteiger partial charge in [0.25, 0.3) is 0 Å². The molecule has 1 saturated carbocycles. The normalized spacial score (nSPS) is 13.9. The van der Waals surface area contributed by atoms with Crippen LogP contribution in [0.1, 0.15) is 47.2 Å². The lowest BCUT2D eigenvalue weighted by atomic mass is 9.96. The summed E-state index contributed by atoms with van der Waals surface area (Å²) in [5, 5.41) is 1.03. The Morgan fingerprint density at radius 1 is 1.10 bits per heavy atom. The molecular weight excluding hydrogens is 407 g/mol. The lowest BCUT2D eigenvalue weighted by molar-refractivity contribution is 0.0979. The summed E-state index contributed by atoms with van der Waals surface area (Å²) in [4.78, 5) is 17.0. The summed E-state index contributed by atoms with van der Waals surface area (Å²) in [5.41, 5.74) is 2.70. The van der Waals surface area contributed by atoms with Gasteiger partial charge in [-0.2, -0.15) is 0 Å². The van der Waals surface area contributed by atoms with Crippen LogP contribution in [-0.2, 0) is 13.0 Å². The molecule has 0 bridgehead atoms. The summed E-state index contributed by atoms with van der Waals surface area (Å²) >= 11 is 12.1. The van der Waals surface area contributed by atoms with Crippen LogP contribution in [0.25, 0.3) is 0 Å². The minimum absolute atomic E-state index is 0.0852. The van der Waals surface area contributed by atoms with E-state index in [2.05, 4.69) is 4.98 Å². The summed E-state index contributed by atoms with van der Waals surface area (Å²) in [6.07, 6.45) is 10.1. The molecule has 1 heterocycles. The highest BCUT2D eigenvalue weighted by molar-refractivity contribution is 6.42. The number of ketones is 1. The van der Waals surface area contributed by atoms with E-state index < -0.39 is 0 Å². The minimum Gasteiger partial charge on any atom is -0.490 e. The number of halogens is 2. The molecule has 4 rings (SSSR count). The average molecular weight is 429 g/mol. The molecule has 1 fully saturated rings. The molecule has 0 radical (unpaired) electrons. The SMILES string of the molecule is O=C(CCc1ccc(Cl)c(Cl)c1)c1cc(Cn2ccnc2)cc(OC2CCC2)c1. The zero-order chi connectivity index (χ0) is 20.2. The Bertz CT molecular complexity index is 998. The quantitative estimate of drug-likeness (QED) is 0.414. The van der Waals surface area contributed by atoms with Gasteiger partial charge in [0.1, 0.15) is 5.75 Å². The predicted octanol–water partition coefficient (Wildman–Crippen LogP) is 5.99. The monoisotopic (exact) mass is 428 g/mol. The number of aryl methyl sites for hydroxylation is 1. The van der Waals surface area contributed by atoms with Crippen LogP contribution in [0.15, 0.2) is 55.1 Å². The highest BCUT2D eigenvalue weighted by Crippen LogP contribution is 2.28. The number of Topliss-reactive ketones (excluding diaryl/α,β-unsaturated/α-hetero) is 1. The van der Waals surface area contributed by atoms with E-state index in [9.17, 15) is 4.79 Å². The lowest BCUT2D eigenvalue weighted by Gasteiger charge is -2.26. The zero-order valence-electron chi connectivity index (χ0n) is 16.0. The molecule has 3 aromatic rings. The highest BCUT2D eigenvalue weighted by atomic mass is 35.5. The Morgan fingerprint density at radius 2 is 1.97 bits per heavy atom. The van der Waals surface area contributed by atoms with Crippen molar-refractivity contribution >= 4 is 29.0 Å². The third-order valence-corrected chi connectivity index (χ3v) is 5.93. The summed E-state index contributed by atoms with van der Waals surface area (Å²) < 4.78 is 8.06. The Kier molecular flexibility index (Phi) is 6.22. The standard InChI is InChI=1S/C23H22Cl2N2O2/c24-21-6-4-16(12-22(21)25)5-7-23(28)18-10-17(14-27-9-8-26-15-27)11-20(13-18)29-19-2-1-3-19/h4,6,8-13,15,19H,1-3,5,7,14H2. The van der Waals surface area contributed by atoms with E-state index in [0.717, 1.165) is 29.7 Å². The second-order valence-electron chi connectivity index (χ2n) is 7.44. The van der Waals surface area contributed by atoms with Gasteiger partial charge >= 0.3 is 0 Å². The van der Waals surface area contributed by atoms with Crippen molar-refractivity contribution in [2.24, 2.45) is 0 Å². The smallest absolute Gasteiger partial charge is 0.163 e. The van der Waals surface area contributed by atoms with Crippen LogP contribution >= 0.6 is 23.2 Å². The molecule has 1 aromatic heterocycles. The fraction of sp³-hybridized carbons (Fsp3) is 0.304. The molecule has 0 atom stereocenters. The third-order valence-electron chi connectivity index (χ3n) is 5.19. The number of imidazole rings is 1. The average Bonchev–Trinajstić information content (AvgIpc) is 3.18. The Morgan fingerprint density at radius 3 is 2.66 bits per heavy atom. The molecule has 1 aliphatic rings. The van der Waals surface area contributed by atoms with Crippen molar-refractivity contribution in [3.05, 3.63) is 81.9 Å². The van der Waals surface area contributed by atoms with Crippen molar-refractivity contribution in [1.29, 1.82) is 0 Å². The van der Waals surface area contributed by atoms with Crippen molar-refractivity contribution in [1.82, 2.24) is 9.55 Å². The van der Waals surface area contributed by atoms with Crippen molar-refractivity contribution in [3.8, 4) is 5.75 Å². The maximum absolute atomic E-state index is 12.9. The lowest BCUT2D eigenvalue weighted by Crippen LogP contribution is -2.24. The van der Waals surface area contributed by atoms with Crippen LogP contribution in [-0.4, -0.2) is 21.4 Å². The molecule has 1 aliphatic carbocycles. The van der Waals surface area contributed by atoms with Crippen LogP contribution in [0.4, 0.5) is 0 Å². The van der Waals surface area contributed by atoms with Gasteiger partial charge in [-0.05, 0) is 67.1 Å². The molecule has 0 spiro atoms. The van der Waals surface area contributed by atoms with Crippen LogP contribution < -0.4 is 4.74 Å². The molecule has 0 amide bonds. The molecule has 0 saturated heterocycles. The molecule has 29 heavy (non-hydrogen) atoms. The van der Waals surface area contributed by atoms with Crippen LogP contribution in [0, 0.1) is 0 Å². The van der Waals surface area contributed by atoms with Crippen LogP contribution in [0.2, 0.25) is 10.0 Å². The van der Waals surface area contributed by atoms with Gasteiger partial charge < -0.3 is 9.30 Å². The number of nitrogens with zero attached hydrogens (tertiary/aromatic N) is 2. The number of benzene rings is 2. The number of aromatic nitrogens is 2. The van der Waals surface area contributed by atoms with Crippen molar-refractivity contribution in [2.75, 3.05) is 0 Å². The van der Waals surface area contributed by atoms with Crippen molar-refractivity contribution in [3.63, 3.8) is 0 Å². The van der Waals surface area contributed by atoms with E-state index in [1.165, 1.54) is 6.42 Å². The summed E-state index contributed by atoms with van der Waals surface area (Å²) in [6, 6.07) is 11.3.